The Morgan fingerprint density at radius 1 is 1.67 bits per heavy atom. The van der Waals surface area contributed by atoms with Gasteiger partial charge < -0.3 is 4.74 Å². The third-order valence-electron chi connectivity index (χ3n) is 3.37. The Balaban J connectivity index is 2.05. The predicted octanol–water partition coefficient (Wildman–Crippen LogP) is 2.15. The fraction of sp³-hybridized carbons (Fsp3) is 0.833. The lowest BCUT2D eigenvalue weighted by atomic mass is 9.93. The lowest BCUT2D eigenvalue weighted by Crippen LogP contribution is -2.43. The summed E-state index contributed by atoms with van der Waals surface area (Å²) in [7, 11) is 0. The van der Waals surface area contributed by atoms with Crippen LogP contribution in [0.25, 0.3) is 0 Å². The highest BCUT2D eigenvalue weighted by molar-refractivity contribution is 5.19. The molecular formula is C12H20FNO. The summed E-state index contributed by atoms with van der Waals surface area (Å²) < 4.78 is 19.1. The van der Waals surface area contributed by atoms with E-state index in [2.05, 4.69) is 11.5 Å². The molecule has 2 atom stereocenters. The molecule has 2 saturated heterocycles. The third kappa shape index (κ3) is 2.08. The fourth-order valence-electron chi connectivity index (χ4n) is 2.77. The van der Waals surface area contributed by atoms with Gasteiger partial charge in [-0.3, -0.25) is 4.90 Å². The van der Waals surface area contributed by atoms with Gasteiger partial charge in [-0.25, -0.2) is 4.39 Å². The van der Waals surface area contributed by atoms with Crippen LogP contribution in [0.2, 0.25) is 0 Å². The molecule has 2 aliphatic rings. The van der Waals surface area contributed by atoms with E-state index in [-0.39, 0.29) is 11.6 Å². The average molecular weight is 213 g/mol. The Labute approximate surface area is 91.1 Å². The van der Waals surface area contributed by atoms with Crippen molar-refractivity contribution in [1.82, 2.24) is 4.90 Å². The van der Waals surface area contributed by atoms with Crippen LogP contribution >= 0.6 is 0 Å². The van der Waals surface area contributed by atoms with Gasteiger partial charge in [0, 0.05) is 19.5 Å². The van der Waals surface area contributed by atoms with E-state index < -0.39 is 6.17 Å². The molecule has 0 aromatic carbocycles. The largest absolute Gasteiger partial charge is 0.377 e. The number of fused-ring (bicyclic) bond motifs is 1. The van der Waals surface area contributed by atoms with Crippen LogP contribution in [-0.2, 0) is 4.74 Å². The molecule has 0 amide bonds. The van der Waals surface area contributed by atoms with E-state index in [4.69, 9.17) is 4.74 Å². The molecule has 0 aliphatic carbocycles. The second kappa shape index (κ2) is 3.87. The molecule has 2 fully saturated rings. The van der Waals surface area contributed by atoms with Crippen molar-refractivity contribution in [2.75, 3.05) is 19.7 Å². The van der Waals surface area contributed by atoms with Crippen LogP contribution in [0.4, 0.5) is 4.39 Å². The van der Waals surface area contributed by atoms with E-state index in [0.29, 0.717) is 19.6 Å². The van der Waals surface area contributed by atoms with Crippen LogP contribution in [0.5, 0.6) is 0 Å². The first-order valence-electron chi connectivity index (χ1n) is 5.69. The Kier molecular flexibility index (Phi) is 2.86. The zero-order chi connectivity index (χ0) is 11.1. The number of hydrogen-bond acceptors (Lipinski definition) is 2. The van der Waals surface area contributed by atoms with Gasteiger partial charge in [0.2, 0.25) is 0 Å². The molecule has 0 saturated carbocycles. The summed E-state index contributed by atoms with van der Waals surface area (Å²) in [4.78, 5) is 2.21. The van der Waals surface area contributed by atoms with Crippen molar-refractivity contribution in [3.63, 3.8) is 0 Å². The molecule has 0 aromatic rings. The quantitative estimate of drug-likeness (QED) is 0.666. The van der Waals surface area contributed by atoms with Crippen LogP contribution in [0.15, 0.2) is 12.2 Å². The number of nitrogens with zero attached hydrogens (tertiary/aromatic N) is 1. The van der Waals surface area contributed by atoms with Crippen molar-refractivity contribution < 1.29 is 9.13 Å². The zero-order valence-corrected chi connectivity index (χ0v) is 9.63. The maximum atomic E-state index is 13.4. The predicted molar refractivity (Wildman–Crippen MR) is 58.7 cm³/mol. The van der Waals surface area contributed by atoms with Crippen molar-refractivity contribution in [3.8, 4) is 0 Å². The molecule has 3 heteroatoms. The molecular weight excluding hydrogens is 193 g/mol. The van der Waals surface area contributed by atoms with Crippen molar-refractivity contribution in [2.24, 2.45) is 0 Å². The molecule has 0 spiro atoms. The van der Waals surface area contributed by atoms with Gasteiger partial charge in [-0.1, -0.05) is 12.2 Å². The molecule has 86 valence electrons. The Morgan fingerprint density at radius 3 is 3.07 bits per heavy atom. The van der Waals surface area contributed by atoms with E-state index >= 15 is 0 Å². The van der Waals surface area contributed by atoms with E-state index in [1.54, 1.807) is 0 Å². The van der Waals surface area contributed by atoms with Gasteiger partial charge in [0.15, 0.2) is 0 Å². The van der Waals surface area contributed by atoms with Gasteiger partial charge in [-0.2, -0.15) is 0 Å². The first-order valence-corrected chi connectivity index (χ1v) is 5.69. The Bertz CT molecular complexity index is 266. The molecule has 0 N–H and O–H groups in total. The average Bonchev–Trinajstić information content (AvgIpc) is 2.53. The van der Waals surface area contributed by atoms with Crippen LogP contribution in [0.1, 0.15) is 26.7 Å². The van der Waals surface area contributed by atoms with Crippen molar-refractivity contribution >= 4 is 0 Å². The number of rotatable bonds is 3. The number of hydrogen-bond donors (Lipinski definition) is 0. The monoisotopic (exact) mass is 213 g/mol. The molecule has 0 unspecified atom stereocenters. The summed E-state index contributed by atoms with van der Waals surface area (Å²) in [5.74, 6) is 0. The van der Waals surface area contributed by atoms with Crippen LogP contribution in [0.3, 0.4) is 0 Å². The summed E-state index contributed by atoms with van der Waals surface area (Å²) in [6, 6.07) is 0. The van der Waals surface area contributed by atoms with Gasteiger partial charge in [0.25, 0.3) is 0 Å². The first kappa shape index (κ1) is 11.1. The summed E-state index contributed by atoms with van der Waals surface area (Å²) in [5, 5.41) is 0. The number of halogens is 1. The smallest absolute Gasteiger partial charge is 0.115 e. The van der Waals surface area contributed by atoms with Gasteiger partial charge in [0.1, 0.15) is 6.17 Å². The number of ether oxygens (including phenoxy) is 1. The molecule has 15 heavy (non-hydrogen) atoms. The fourth-order valence-corrected chi connectivity index (χ4v) is 2.77. The minimum Gasteiger partial charge on any atom is -0.377 e. The van der Waals surface area contributed by atoms with Crippen LogP contribution in [0, 0.1) is 0 Å². The maximum absolute atomic E-state index is 13.4. The van der Waals surface area contributed by atoms with Gasteiger partial charge in [-0.05, 0) is 20.3 Å². The van der Waals surface area contributed by atoms with E-state index in [9.17, 15) is 4.39 Å². The van der Waals surface area contributed by atoms with E-state index in [1.807, 2.05) is 13.8 Å². The molecule has 0 radical (unpaired) electrons. The van der Waals surface area contributed by atoms with E-state index in [1.165, 1.54) is 5.57 Å². The van der Waals surface area contributed by atoms with E-state index in [0.717, 1.165) is 13.0 Å². The molecule has 0 aromatic heterocycles. The zero-order valence-electron chi connectivity index (χ0n) is 9.63. The molecule has 2 rings (SSSR count). The van der Waals surface area contributed by atoms with Crippen molar-refractivity contribution in [3.05, 3.63) is 12.2 Å². The standard InChI is InChI=1S/C12H20FNO/c1-9(2)15-8-12-4-10(3)6-14(12)7-11(13)5-12/h9,11H,3-8H2,1-2H3/t11-,12-/m1/s1. The Morgan fingerprint density at radius 2 is 2.40 bits per heavy atom. The highest BCUT2D eigenvalue weighted by Gasteiger charge is 2.50. The Hall–Kier alpha value is -0.410. The molecule has 0 bridgehead atoms. The molecule has 2 nitrogen and oxygen atoms in total. The van der Waals surface area contributed by atoms with Crippen LogP contribution < -0.4 is 0 Å². The van der Waals surface area contributed by atoms with Gasteiger partial charge in [0.05, 0.1) is 18.2 Å². The van der Waals surface area contributed by atoms with Gasteiger partial charge in [-0.15, -0.1) is 0 Å². The SMILES string of the molecule is C=C1CN2C[C@H](F)C[C@@]2(COC(C)C)C1. The summed E-state index contributed by atoms with van der Waals surface area (Å²) in [5.41, 5.74) is 1.13. The first-order chi connectivity index (χ1) is 7.02. The summed E-state index contributed by atoms with van der Waals surface area (Å²) in [6.45, 7) is 10.1. The van der Waals surface area contributed by atoms with Crippen LogP contribution in [-0.4, -0.2) is 42.4 Å². The highest BCUT2D eigenvalue weighted by atomic mass is 19.1. The third-order valence-corrected chi connectivity index (χ3v) is 3.37. The lowest BCUT2D eigenvalue weighted by Gasteiger charge is -2.31. The highest BCUT2D eigenvalue weighted by Crippen LogP contribution is 2.42. The summed E-state index contributed by atoms with van der Waals surface area (Å²) >= 11 is 0. The normalized spacial score (nSPS) is 36.5. The molecule has 2 heterocycles. The topological polar surface area (TPSA) is 12.5 Å². The molecule has 2 aliphatic heterocycles. The van der Waals surface area contributed by atoms with Gasteiger partial charge >= 0.3 is 0 Å². The second-order valence-corrected chi connectivity index (χ2v) is 5.19. The lowest BCUT2D eigenvalue weighted by molar-refractivity contribution is 0.00295. The van der Waals surface area contributed by atoms with Crippen molar-refractivity contribution in [2.45, 2.75) is 44.5 Å². The maximum Gasteiger partial charge on any atom is 0.115 e. The number of alkyl halides is 1. The summed E-state index contributed by atoms with van der Waals surface area (Å²) in [6.07, 6.45) is 1.04. The van der Waals surface area contributed by atoms with Crippen molar-refractivity contribution in [1.29, 1.82) is 0 Å². The second-order valence-electron chi connectivity index (χ2n) is 5.19. The minimum atomic E-state index is -0.686. The minimum absolute atomic E-state index is 0.0826.